The van der Waals surface area contributed by atoms with Gasteiger partial charge in [-0.1, -0.05) is 12.6 Å². The molecule has 1 N–H and O–H groups in total. The summed E-state index contributed by atoms with van der Waals surface area (Å²) < 4.78 is 0. The van der Waals surface area contributed by atoms with Crippen LogP contribution < -0.4 is 5.32 Å². The number of nitrogens with one attached hydrogen (secondary N) is 1. The number of benzene rings is 1. The lowest BCUT2D eigenvalue weighted by Crippen LogP contribution is -2.07. The molecule has 5 heteroatoms. The molecule has 0 bridgehead atoms. The molecule has 0 aliphatic heterocycles. The van der Waals surface area contributed by atoms with Gasteiger partial charge in [-0.05, 0) is 12.1 Å². The van der Waals surface area contributed by atoms with Crippen molar-refractivity contribution in [1.29, 1.82) is 0 Å². The van der Waals surface area contributed by atoms with E-state index in [1.807, 2.05) is 0 Å². The van der Waals surface area contributed by atoms with Crippen LogP contribution in [0.2, 0.25) is 0 Å². The molecule has 0 saturated heterocycles. The van der Waals surface area contributed by atoms with Crippen molar-refractivity contribution < 1.29 is 9.72 Å². The lowest BCUT2D eigenvalue weighted by molar-refractivity contribution is -0.384. The summed E-state index contributed by atoms with van der Waals surface area (Å²) in [6.07, 6.45) is 1.10. The maximum Gasteiger partial charge on any atom is 0.271 e. The van der Waals surface area contributed by atoms with Crippen LogP contribution in [0.4, 0.5) is 11.4 Å². The highest BCUT2D eigenvalue weighted by Crippen LogP contribution is 2.16. The normalized spacial score (nSPS) is 9.14. The van der Waals surface area contributed by atoms with Crippen molar-refractivity contribution in [3.05, 3.63) is 47.0 Å². The van der Waals surface area contributed by atoms with Crippen LogP contribution in [0, 0.1) is 10.1 Å². The smallest absolute Gasteiger partial charge is 0.271 e. The molecule has 0 heterocycles. The first-order valence-electron chi connectivity index (χ1n) is 3.81. The maximum atomic E-state index is 10.9. The van der Waals surface area contributed by atoms with E-state index >= 15 is 0 Å². The Bertz CT molecular complexity index is 387. The number of carbonyl (C=O) groups excluding carboxylic acids is 1. The summed E-state index contributed by atoms with van der Waals surface area (Å²) in [5, 5.41) is 12.8. The highest BCUT2D eigenvalue weighted by Gasteiger charge is 2.05. The van der Waals surface area contributed by atoms with Crippen molar-refractivity contribution in [3.8, 4) is 0 Å². The number of nitro groups is 1. The van der Waals surface area contributed by atoms with Gasteiger partial charge in [0.05, 0.1) is 4.92 Å². The van der Waals surface area contributed by atoms with Crippen molar-refractivity contribution in [2.75, 3.05) is 5.32 Å². The number of hydrogen-bond donors (Lipinski definition) is 1. The van der Waals surface area contributed by atoms with Gasteiger partial charge in [0, 0.05) is 17.8 Å². The molecule has 1 amide bonds. The third-order valence-electron chi connectivity index (χ3n) is 1.51. The van der Waals surface area contributed by atoms with E-state index in [4.69, 9.17) is 0 Å². The second-order valence-corrected chi connectivity index (χ2v) is 2.50. The average molecular weight is 192 g/mol. The molecule has 1 rings (SSSR count). The second kappa shape index (κ2) is 4.18. The zero-order valence-corrected chi connectivity index (χ0v) is 7.27. The second-order valence-electron chi connectivity index (χ2n) is 2.50. The number of non-ortho nitro benzene ring substituents is 1. The first kappa shape index (κ1) is 9.91. The molecule has 0 aromatic heterocycles. The fourth-order valence-electron chi connectivity index (χ4n) is 0.891. The fourth-order valence-corrected chi connectivity index (χ4v) is 0.891. The summed E-state index contributed by atoms with van der Waals surface area (Å²) in [7, 11) is 0. The zero-order valence-electron chi connectivity index (χ0n) is 7.27. The van der Waals surface area contributed by atoms with Gasteiger partial charge in [0.25, 0.3) is 5.69 Å². The van der Waals surface area contributed by atoms with Crippen molar-refractivity contribution >= 4 is 17.3 Å². The summed E-state index contributed by atoms with van der Waals surface area (Å²) in [4.78, 5) is 20.7. The Morgan fingerprint density at radius 2 is 2.29 bits per heavy atom. The third-order valence-corrected chi connectivity index (χ3v) is 1.51. The highest BCUT2D eigenvalue weighted by atomic mass is 16.6. The SMILES string of the molecule is C=CC(=O)Nc1cccc([N+](=O)[O-])c1. The summed E-state index contributed by atoms with van der Waals surface area (Å²) >= 11 is 0. The van der Waals surface area contributed by atoms with Crippen molar-refractivity contribution in [3.63, 3.8) is 0 Å². The van der Waals surface area contributed by atoms with Crippen LogP contribution >= 0.6 is 0 Å². The molecule has 0 radical (unpaired) electrons. The van der Waals surface area contributed by atoms with Gasteiger partial charge in [-0.25, -0.2) is 0 Å². The minimum Gasteiger partial charge on any atom is -0.322 e. The lowest BCUT2D eigenvalue weighted by atomic mass is 10.3. The molecule has 0 saturated carbocycles. The van der Waals surface area contributed by atoms with Crippen LogP contribution in [-0.2, 0) is 4.79 Å². The minimum absolute atomic E-state index is 0.0631. The molecule has 1 aromatic carbocycles. The van der Waals surface area contributed by atoms with Crippen LogP contribution in [0.15, 0.2) is 36.9 Å². The molecule has 0 atom stereocenters. The van der Waals surface area contributed by atoms with Gasteiger partial charge >= 0.3 is 0 Å². The van der Waals surface area contributed by atoms with E-state index in [0.717, 1.165) is 6.08 Å². The maximum absolute atomic E-state index is 10.9. The first-order chi connectivity index (χ1) is 6.63. The van der Waals surface area contributed by atoms with Gasteiger partial charge < -0.3 is 5.32 Å². The van der Waals surface area contributed by atoms with E-state index in [0.29, 0.717) is 5.69 Å². The Morgan fingerprint density at radius 3 is 2.86 bits per heavy atom. The summed E-state index contributed by atoms with van der Waals surface area (Å²) in [5.41, 5.74) is 0.316. The minimum atomic E-state index is -0.524. The highest BCUT2D eigenvalue weighted by molar-refractivity contribution is 5.99. The molecular formula is C9H8N2O3. The Hall–Kier alpha value is -2.17. The largest absolute Gasteiger partial charge is 0.322 e. The first-order valence-corrected chi connectivity index (χ1v) is 3.81. The van der Waals surface area contributed by atoms with E-state index in [1.165, 1.54) is 18.2 Å². The number of nitrogens with zero attached hydrogens (tertiary/aromatic N) is 1. The average Bonchev–Trinajstić information content (AvgIpc) is 2.18. The number of hydrogen-bond acceptors (Lipinski definition) is 3. The number of nitro benzene ring substituents is 1. The Labute approximate surface area is 80.2 Å². The van der Waals surface area contributed by atoms with Crippen molar-refractivity contribution in [2.24, 2.45) is 0 Å². The van der Waals surface area contributed by atoms with Gasteiger partial charge in [-0.2, -0.15) is 0 Å². The number of carbonyl (C=O) groups is 1. The number of anilines is 1. The quantitative estimate of drug-likeness (QED) is 0.450. The van der Waals surface area contributed by atoms with E-state index in [1.54, 1.807) is 6.07 Å². The molecule has 72 valence electrons. The van der Waals surface area contributed by atoms with Crippen LogP contribution in [-0.4, -0.2) is 10.8 Å². The van der Waals surface area contributed by atoms with E-state index in [2.05, 4.69) is 11.9 Å². The van der Waals surface area contributed by atoms with Gasteiger partial charge in [-0.3, -0.25) is 14.9 Å². The lowest BCUT2D eigenvalue weighted by Gasteiger charge is -2.00. The molecule has 0 spiro atoms. The Morgan fingerprint density at radius 1 is 1.57 bits per heavy atom. The topological polar surface area (TPSA) is 72.2 Å². The zero-order chi connectivity index (χ0) is 10.6. The van der Waals surface area contributed by atoms with E-state index in [9.17, 15) is 14.9 Å². The molecule has 0 unspecified atom stereocenters. The van der Waals surface area contributed by atoms with Gasteiger partial charge in [0.1, 0.15) is 0 Å². The molecular weight excluding hydrogens is 184 g/mol. The number of rotatable bonds is 3. The monoisotopic (exact) mass is 192 g/mol. The van der Waals surface area contributed by atoms with Crippen LogP contribution in [0.5, 0.6) is 0 Å². The van der Waals surface area contributed by atoms with Gasteiger partial charge in [-0.15, -0.1) is 0 Å². The molecule has 5 nitrogen and oxygen atoms in total. The molecule has 0 aliphatic rings. The summed E-state index contributed by atoms with van der Waals surface area (Å²) in [6, 6.07) is 5.69. The van der Waals surface area contributed by atoms with Crippen molar-refractivity contribution in [2.45, 2.75) is 0 Å². The molecule has 0 fully saturated rings. The Kier molecular flexibility index (Phi) is 2.96. The van der Waals surface area contributed by atoms with Crippen LogP contribution in [0.1, 0.15) is 0 Å². The summed E-state index contributed by atoms with van der Waals surface area (Å²) in [6.45, 7) is 3.27. The third kappa shape index (κ3) is 2.41. The fraction of sp³-hybridized carbons (Fsp3) is 0. The van der Waals surface area contributed by atoms with Gasteiger partial charge in [0.2, 0.25) is 5.91 Å². The van der Waals surface area contributed by atoms with Crippen LogP contribution in [0.3, 0.4) is 0 Å². The molecule has 14 heavy (non-hydrogen) atoms. The van der Waals surface area contributed by atoms with Crippen molar-refractivity contribution in [1.82, 2.24) is 0 Å². The molecule has 0 aliphatic carbocycles. The predicted molar refractivity (Wildman–Crippen MR) is 51.9 cm³/mol. The predicted octanol–water partition coefficient (Wildman–Crippen LogP) is 1.72. The Balaban J connectivity index is 2.88. The number of amides is 1. The molecule has 1 aromatic rings. The summed E-state index contributed by atoms with van der Waals surface area (Å²) in [5.74, 6) is -0.398. The van der Waals surface area contributed by atoms with Crippen LogP contribution in [0.25, 0.3) is 0 Å². The standard InChI is InChI=1S/C9H8N2O3/c1-2-9(12)10-7-4-3-5-8(6-7)11(13)14/h2-6H,1H2,(H,10,12). The van der Waals surface area contributed by atoms with E-state index < -0.39 is 10.8 Å². The van der Waals surface area contributed by atoms with E-state index in [-0.39, 0.29) is 5.69 Å². The van der Waals surface area contributed by atoms with Gasteiger partial charge in [0.15, 0.2) is 0 Å².